The quantitative estimate of drug-likeness (QED) is 0.142. The van der Waals surface area contributed by atoms with Gasteiger partial charge in [0.05, 0.1) is 38.6 Å². The molecular formula is C32H30FN5O6. The van der Waals surface area contributed by atoms with E-state index < -0.39 is 23.9 Å². The van der Waals surface area contributed by atoms with E-state index in [1.54, 1.807) is 43.3 Å². The van der Waals surface area contributed by atoms with Crippen LogP contribution in [0.1, 0.15) is 29.7 Å². The summed E-state index contributed by atoms with van der Waals surface area (Å²) in [5.41, 5.74) is 5.82. The van der Waals surface area contributed by atoms with Crippen LogP contribution in [0.25, 0.3) is 10.9 Å². The number of carbonyl (C=O) groups is 3. The Balaban J connectivity index is 1.25. The molecule has 0 radical (unpaired) electrons. The minimum atomic E-state index is -0.783. The van der Waals surface area contributed by atoms with Crippen LogP contribution in [0.2, 0.25) is 0 Å². The van der Waals surface area contributed by atoms with Gasteiger partial charge in [0.2, 0.25) is 0 Å². The smallest absolute Gasteiger partial charge is 0.337 e. The van der Waals surface area contributed by atoms with E-state index >= 15 is 0 Å². The van der Waals surface area contributed by atoms with E-state index in [4.69, 9.17) is 14.2 Å². The Hall–Kier alpha value is -5.65. The van der Waals surface area contributed by atoms with Crippen molar-refractivity contribution in [2.75, 3.05) is 20.8 Å². The second-order valence-corrected chi connectivity index (χ2v) is 9.87. The van der Waals surface area contributed by atoms with Crippen molar-refractivity contribution in [3.63, 3.8) is 0 Å². The molecule has 11 nitrogen and oxygen atoms in total. The number of methoxy groups -OCH3 is 2. The molecule has 1 aliphatic heterocycles. The maximum atomic E-state index is 14.3. The summed E-state index contributed by atoms with van der Waals surface area (Å²) in [6.45, 7) is 1.59. The zero-order valence-electron chi connectivity index (χ0n) is 24.2. The molecule has 0 saturated carbocycles. The second kappa shape index (κ2) is 13.1. The summed E-state index contributed by atoms with van der Waals surface area (Å²) in [6.07, 6.45) is 3.37. The molecule has 0 aliphatic carbocycles. The highest BCUT2D eigenvalue weighted by Gasteiger charge is 2.32. The number of benzene rings is 3. The van der Waals surface area contributed by atoms with E-state index in [-0.39, 0.29) is 29.5 Å². The number of aromatic nitrogens is 1. The topological polar surface area (TPSA) is 132 Å². The van der Waals surface area contributed by atoms with Crippen LogP contribution in [0, 0.1) is 5.82 Å². The van der Waals surface area contributed by atoms with E-state index in [9.17, 15) is 18.8 Å². The van der Waals surface area contributed by atoms with E-state index in [0.717, 1.165) is 16.5 Å². The van der Waals surface area contributed by atoms with Gasteiger partial charge in [-0.25, -0.2) is 19.4 Å². The largest absolute Gasteiger partial charge is 0.493 e. The number of rotatable bonds is 10. The van der Waals surface area contributed by atoms with Crippen LogP contribution in [-0.4, -0.2) is 49.5 Å². The summed E-state index contributed by atoms with van der Waals surface area (Å²) in [5.74, 6) is -0.830. The van der Waals surface area contributed by atoms with Crippen molar-refractivity contribution >= 4 is 35.0 Å². The van der Waals surface area contributed by atoms with Crippen LogP contribution in [0.3, 0.4) is 0 Å². The summed E-state index contributed by atoms with van der Waals surface area (Å²) in [5, 5.41) is 10.3. The Morgan fingerprint density at radius 3 is 2.61 bits per heavy atom. The van der Waals surface area contributed by atoms with Crippen LogP contribution in [0.15, 0.2) is 89.3 Å². The SMILES string of the molecule is COC(=O)C1=C(C)NC(=O)N[C@H]1c1ccc(OCC(=O)N/N=C\c2cn(Cc3ccccc3F)c3ccccc23)c(OC)c1. The van der Waals surface area contributed by atoms with Gasteiger partial charge in [-0.1, -0.05) is 42.5 Å². The third kappa shape index (κ3) is 6.38. The third-order valence-corrected chi connectivity index (χ3v) is 7.07. The number of para-hydroxylation sites is 1. The fourth-order valence-corrected chi connectivity index (χ4v) is 4.98. The molecule has 3 aromatic carbocycles. The predicted octanol–water partition coefficient (Wildman–Crippen LogP) is 4.17. The predicted molar refractivity (Wildman–Crippen MR) is 161 cm³/mol. The number of hydrazone groups is 1. The number of esters is 1. The number of urea groups is 1. The van der Waals surface area contributed by atoms with Crippen LogP contribution in [0.5, 0.6) is 11.5 Å². The Morgan fingerprint density at radius 1 is 1.07 bits per heavy atom. The number of halogens is 1. The first kappa shape index (κ1) is 29.8. The molecule has 1 aliphatic rings. The monoisotopic (exact) mass is 599 g/mol. The molecule has 12 heteroatoms. The van der Waals surface area contributed by atoms with Crippen LogP contribution in [0.4, 0.5) is 9.18 Å². The van der Waals surface area contributed by atoms with Crippen molar-refractivity contribution in [1.29, 1.82) is 0 Å². The van der Waals surface area contributed by atoms with Crippen molar-refractivity contribution in [2.24, 2.45) is 5.10 Å². The molecule has 2 heterocycles. The van der Waals surface area contributed by atoms with Crippen molar-refractivity contribution < 1.29 is 33.0 Å². The van der Waals surface area contributed by atoms with Gasteiger partial charge in [-0.15, -0.1) is 0 Å². The van der Waals surface area contributed by atoms with Gasteiger partial charge in [-0.05, 0) is 36.8 Å². The molecule has 3 amide bonds. The molecule has 5 rings (SSSR count). The van der Waals surface area contributed by atoms with Crippen LogP contribution in [-0.2, 0) is 20.9 Å². The highest BCUT2D eigenvalue weighted by molar-refractivity contribution is 6.00. The first-order valence-corrected chi connectivity index (χ1v) is 13.6. The maximum absolute atomic E-state index is 14.3. The fourth-order valence-electron chi connectivity index (χ4n) is 4.98. The standard InChI is InChI=1S/C32H30FN5O6/c1-19-29(31(40)43-3)30(36-32(41)35-19)20-12-13-26(27(14-20)42-2)44-18-28(39)37-34-15-22-17-38(25-11-7-5-9-23(22)25)16-21-8-4-6-10-24(21)33/h4-15,17,30H,16,18H2,1-3H3,(H,37,39)(H2,35,36,41)/b34-15-/t30-/m0/s1. The summed E-state index contributed by atoms with van der Waals surface area (Å²) >= 11 is 0. The summed E-state index contributed by atoms with van der Waals surface area (Å²) in [6, 6.07) is 17.9. The zero-order valence-corrected chi connectivity index (χ0v) is 24.2. The lowest BCUT2D eigenvalue weighted by atomic mass is 9.95. The molecule has 1 atom stereocenters. The molecule has 1 aromatic heterocycles. The van der Waals surface area contributed by atoms with Gasteiger partial charge in [-0.2, -0.15) is 5.10 Å². The number of nitrogens with zero attached hydrogens (tertiary/aromatic N) is 2. The van der Waals surface area contributed by atoms with E-state index in [0.29, 0.717) is 23.4 Å². The number of fused-ring (bicyclic) bond motifs is 1. The molecule has 4 aromatic rings. The number of nitrogens with one attached hydrogen (secondary N) is 3. The third-order valence-electron chi connectivity index (χ3n) is 7.07. The highest BCUT2D eigenvalue weighted by Crippen LogP contribution is 2.34. The molecule has 0 bridgehead atoms. The molecule has 0 spiro atoms. The molecule has 0 fully saturated rings. The van der Waals surface area contributed by atoms with Crippen molar-refractivity contribution in [2.45, 2.75) is 19.5 Å². The van der Waals surface area contributed by atoms with Gasteiger partial charge >= 0.3 is 12.0 Å². The Bertz CT molecular complexity index is 1800. The second-order valence-electron chi connectivity index (χ2n) is 9.87. The lowest BCUT2D eigenvalue weighted by Gasteiger charge is -2.28. The zero-order chi connectivity index (χ0) is 31.2. The van der Waals surface area contributed by atoms with Gasteiger partial charge < -0.3 is 29.4 Å². The lowest BCUT2D eigenvalue weighted by Crippen LogP contribution is -2.45. The van der Waals surface area contributed by atoms with Gasteiger partial charge in [-0.3, -0.25) is 4.79 Å². The van der Waals surface area contributed by atoms with Crippen molar-refractivity contribution in [3.05, 3.63) is 107 Å². The van der Waals surface area contributed by atoms with E-state index in [2.05, 4.69) is 21.2 Å². The van der Waals surface area contributed by atoms with Gasteiger partial charge in [0.25, 0.3) is 5.91 Å². The Morgan fingerprint density at radius 2 is 1.84 bits per heavy atom. The van der Waals surface area contributed by atoms with Crippen molar-refractivity contribution in [3.8, 4) is 11.5 Å². The molecule has 226 valence electrons. The van der Waals surface area contributed by atoms with E-state index in [1.165, 1.54) is 26.5 Å². The number of amides is 3. The lowest BCUT2D eigenvalue weighted by molar-refractivity contribution is -0.136. The molecule has 3 N–H and O–H groups in total. The van der Waals surface area contributed by atoms with Crippen LogP contribution < -0.4 is 25.5 Å². The summed E-state index contributed by atoms with van der Waals surface area (Å²) in [4.78, 5) is 37.0. The maximum Gasteiger partial charge on any atom is 0.337 e. The molecule has 0 unspecified atom stereocenters. The molecule has 0 saturated heterocycles. The van der Waals surface area contributed by atoms with Gasteiger partial charge in [0.15, 0.2) is 18.1 Å². The summed E-state index contributed by atoms with van der Waals surface area (Å²) < 4.78 is 32.2. The summed E-state index contributed by atoms with van der Waals surface area (Å²) in [7, 11) is 2.69. The first-order chi connectivity index (χ1) is 21.3. The van der Waals surface area contributed by atoms with E-state index in [1.807, 2.05) is 35.0 Å². The number of hydrogen-bond donors (Lipinski definition) is 3. The Labute approximate surface area is 252 Å². The van der Waals surface area contributed by atoms with Crippen LogP contribution >= 0.6 is 0 Å². The molecule has 44 heavy (non-hydrogen) atoms. The number of allylic oxidation sites excluding steroid dienone is 1. The normalized spacial score (nSPS) is 14.7. The highest BCUT2D eigenvalue weighted by atomic mass is 19.1. The minimum absolute atomic E-state index is 0.246. The molecular weight excluding hydrogens is 569 g/mol. The first-order valence-electron chi connectivity index (χ1n) is 13.6. The number of carbonyl (C=O) groups excluding carboxylic acids is 3. The van der Waals surface area contributed by atoms with Crippen molar-refractivity contribution in [1.82, 2.24) is 20.6 Å². The van der Waals surface area contributed by atoms with Gasteiger partial charge in [0, 0.05) is 33.9 Å². The van der Waals surface area contributed by atoms with Gasteiger partial charge in [0.1, 0.15) is 5.82 Å². The number of ether oxygens (including phenoxy) is 3. The minimum Gasteiger partial charge on any atom is -0.493 e. The Kier molecular flexibility index (Phi) is 8.89. The average Bonchev–Trinajstić information content (AvgIpc) is 3.37. The fraction of sp³-hybridized carbons (Fsp3) is 0.188. The number of hydrogen-bond acceptors (Lipinski definition) is 7. The average molecular weight is 600 g/mol.